The summed E-state index contributed by atoms with van der Waals surface area (Å²) in [5, 5.41) is 0. The molecule has 0 aliphatic heterocycles. The smallest absolute Gasteiger partial charge is 0.174 e. The van der Waals surface area contributed by atoms with E-state index >= 15 is 0 Å². The van der Waals surface area contributed by atoms with Crippen molar-refractivity contribution in [3.63, 3.8) is 0 Å². The number of hydrogen-bond donors (Lipinski definition) is 0. The zero-order valence-electron chi connectivity index (χ0n) is 7.45. The minimum absolute atomic E-state index is 0.313. The van der Waals surface area contributed by atoms with E-state index in [1.807, 2.05) is 31.3 Å². The predicted molar refractivity (Wildman–Crippen MR) is 59.8 cm³/mol. The second-order valence-corrected chi connectivity index (χ2v) is 3.48. The molecule has 0 aromatic heterocycles. The van der Waals surface area contributed by atoms with Crippen molar-refractivity contribution in [1.82, 2.24) is 0 Å². The second kappa shape index (κ2) is 4.44. The summed E-state index contributed by atoms with van der Waals surface area (Å²) in [7, 11) is 3.43. The highest BCUT2D eigenvalue weighted by molar-refractivity contribution is 7.83. The van der Waals surface area contributed by atoms with Crippen LogP contribution in [0.5, 0.6) is 5.75 Å². The minimum Gasteiger partial charge on any atom is -0.497 e. The Bertz CT molecular complexity index is 316. The van der Waals surface area contributed by atoms with Crippen molar-refractivity contribution < 1.29 is 4.74 Å². The summed E-state index contributed by atoms with van der Waals surface area (Å²) >= 11 is 10.5. The Hall–Kier alpha value is -0.800. The van der Waals surface area contributed by atoms with Gasteiger partial charge in [0, 0.05) is 18.8 Å². The lowest BCUT2D eigenvalue weighted by molar-refractivity contribution is 0.415. The Morgan fingerprint density at radius 3 is 2.77 bits per heavy atom. The SMILES string of the molecule is COc1cccc(N(C)C(=S)Cl)c1. The number of rotatable bonds is 2. The highest BCUT2D eigenvalue weighted by Gasteiger charge is 2.04. The zero-order chi connectivity index (χ0) is 9.84. The van der Waals surface area contributed by atoms with Crippen LogP contribution in [0.25, 0.3) is 0 Å². The third-order valence-corrected chi connectivity index (χ3v) is 2.23. The number of thiocarbonyl (C=S) groups is 1. The first kappa shape index (κ1) is 10.3. The van der Waals surface area contributed by atoms with Crippen molar-refractivity contribution >= 4 is 34.0 Å². The van der Waals surface area contributed by atoms with E-state index < -0.39 is 0 Å². The van der Waals surface area contributed by atoms with E-state index in [0.29, 0.717) is 4.45 Å². The molecule has 0 saturated heterocycles. The van der Waals surface area contributed by atoms with Crippen LogP contribution in [0.4, 0.5) is 5.69 Å². The number of ether oxygens (including phenoxy) is 1. The molecule has 0 amide bonds. The molecule has 0 aliphatic carbocycles. The molecule has 4 heteroatoms. The minimum atomic E-state index is 0.313. The van der Waals surface area contributed by atoms with Gasteiger partial charge < -0.3 is 9.64 Å². The molecule has 0 fully saturated rings. The molecule has 0 N–H and O–H groups in total. The van der Waals surface area contributed by atoms with E-state index in [0.717, 1.165) is 11.4 Å². The highest BCUT2D eigenvalue weighted by Crippen LogP contribution is 2.20. The number of methoxy groups -OCH3 is 1. The van der Waals surface area contributed by atoms with Crippen LogP contribution in [-0.2, 0) is 0 Å². The predicted octanol–water partition coefficient (Wildman–Crippen LogP) is 2.66. The van der Waals surface area contributed by atoms with Crippen molar-refractivity contribution in [1.29, 1.82) is 0 Å². The molecule has 0 aliphatic rings. The van der Waals surface area contributed by atoms with Crippen LogP contribution in [0.15, 0.2) is 24.3 Å². The molecule has 0 spiro atoms. The summed E-state index contributed by atoms with van der Waals surface area (Å²) in [6, 6.07) is 7.54. The topological polar surface area (TPSA) is 12.5 Å². The Morgan fingerprint density at radius 1 is 1.54 bits per heavy atom. The van der Waals surface area contributed by atoms with Gasteiger partial charge in [-0.05, 0) is 24.4 Å². The molecular weight excluding hydrogens is 206 g/mol. The highest BCUT2D eigenvalue weighted by atomic mass is 35.5. The van der Waals surface area contributed by atoms with Gasteiger partial charge in [-0.1, -0.05) is 17.7 Å². The quantitative estimate of drug-likeness (QED) is 0.428. The van der Waals surface area contributed by atoms with Gasteiger partial charge in [-0.2, -0.15) is 0 Å². The van der Waals surface area contributed by atoms with Gasteiger partial charge in [-0.15, -0.1) is 0 Å². The Kier molecular flexibility index (Phi) is 3.51. The molecule has 70 valence electrons. The Balaban J connectivity index is 2.94. The van der Waals surface area contributed by atoms with Gasteiger partial charge >= 0.3 is 0 Å². The molecule has 1 aromatic carbocycles. The molecule has 0 radical (unpaired) electrons. The van der Waals surface area contributed by atoms with Gasteiger partial charge in [0.2, 0.25) is 0 Å². The van der Waals surface area contributed by atoms with Crippen molar-refractivity contribution in [2.24, 2.45) is 0 Å². The lowest BCUT2D eigenvalue weighted by Crippen LogP contribution is -2.18. The van der Waals surface area contributed by atoms with E-state index in [1.54, 1.807) is 12.0 Å². The summed E-state index contributed by atoms with van der Waals surface area (Å²) < 4.78 is 5.38. The average molecular weight is 216 g/mol. The van der Waals surface area contributed by atoms with Gasteiger partial charge in [0.15, 0.2) is 4.45 Å². The Morgan fingerprint density at radius 2 is 2.23 bits per heavy atom. The average Bonchev–Trinajstić information content (AvgIpc) is 2.16. The van der Waals surface area contributed by atoms with E-state index in [4.69, 9.17) is 28.6 Å². The molecule has 0 saturated carbocycles. The van der Waals surface area contributed by atoms with Gasteiger partial charge in [0.25, 0.3) is 0 Å². The molecule has 0 atom stereocenters. The number of nitrogens with zero attached hydrogens (tertiary/aromatic N) is 1. The van der Waals surface area contributed by atoms with Crippen molar-refractivity contribution in [3.05, 3.63) is 24.3 Å². The van der Waals surface area contributed by atoms with Crippen LogP contribution >= 0.6 is 23.8 Å². The summed E-state index contributed by atoms with van der Waals surface area (Å²) in [5.74, 6) is 0.789. The summed E-state index contributed by atoms with van der Waals surface area (Å²) in [6.45, 7) is 0. The van der Waals surface area contributed by atoms with Gasteiger partial charge in [-0.25, -0.2) is 0 Å². The van der Waals surface area contributed by atoms with Crippen molar-refractivity contribution in [3.8, 4) is 5.75 Å². The fourth-order valence-corrected chi connectivity index (χ4v) is 1.12. The lowest BCUT2D eigenvalue weighted by atomic mass is 10.3. The fourth-order valence-electron chi connectivity index (χ4n) is 0.921. The number of anilines is 1. The molecule has 1 aromatic rings. The maximum Gasteiger partial charge on any atom is 0.174 e. The first-order valence-electron chi connectivity index (χ1n) is 3.72. The van der Waals surface area contributed by atoms with E-state index in [-0.39, 0.29) is 0 Å². The van der Waals surface area contributed by atoms with E-state index in [2.05, 4.69) is 0 Å². The largest absolute Gasteiger partial charge is 0.497 e. The third-order valence-electron chi connectivity index (χ3n) is 1.70. The molecular formula is C9H10ClNOS. The van der Waals surface area contributed by atoms with E-state index in [9.17, 15) is 0 Å². The van der Waals surface area contributed by atoms with Crippen LogP contribution < -0.4 is 9.64 Å². The first-order chi connectivity index (χ1) is 6.15. The van der Waals surface area contributed by atoms with Gasteiger partial charge in [0.1, 0.15) is 5.75 Å². The summed E-state index contributed by atoms with van der Waals surface area (Å²) in [5.41, 5.74) is 0.916. The van der Waals surface area contributed by atoms with E-state index in [1.165, 1.54) is 0 Å². The Labute approximate surface area is 88.1 Å². The van der Waals surface area contributed by atoms with Gasteiger partial charge in [-0.3, -0.25) is 0 Å². The van der Waals surface area contributed by atoms with Crippen LogP contribution in [-0.4, -0.2) is 18.6 Å². The zero-order valence-corrected chi connectivity index (χ0v) is 9.02. The molecule has 0 unspecified atom stereocenters. The maximum atomic E-state index is 5.67. The third kappa shape index (κ3) is 2.57. The lowest BCUT2D eigenvalue weighted by Gasteiger charge is -2.16. The summed E-state index contributed by atoms with van der Waals surface area (Å²) in [6.07, 6.45) is 0. The molecule has 0 heterocycles. The standard InChI is InChI=1S/C9H10ClNOS/c1-11(9(10)13)7-4-3-5-8(6-7)12-2/h3-6H,1-2H3. The second-order valence-electron chi connectivity index (χ2n) is 2.51. The molecule has 0 bridgehead atoms. The molecule has 2 nitrogen and oxygen atoms in total. The van der Waals surface area contributed by atoms with Crippen LogP contribution in [0, 0.1) is 0 Å². The molecule has 13 heavy (non-hydrogen) atoms. The number of halogens is 1. The van der Waals surface area contributed by atoms with Gasteiger partial charge in [0.05, 0.1) is 7.11 Å². The number of benzene rings is 1. The fraction of sp³-hybridized carbons (Fsp3) is 0.222. The van der Waals surface area contributed by atoms with Crippen LogP contribution in [0.1, 0.15) is 0 Å². The van der Waals surface area contributed by atoms with Crippen molar-refractivity contribution in [2.45, 2.75) is 0 Å². The number of hydrogen-bond acceptors (Lipinski definition) is 2. The van der Waals surface area contributed by atoms with Crippen molar-refractivity contribution in [2.75, 3.05) is 19.1 Å². The normalized spacial score (nSPS) is 9.46. The summed E-state index contributed by atoms with van der Waals surface area (Å²) in [4.78, 5) is 1.71. The monoisotopic (exact) mass is 215 g/mol. The maximum absolute atomic E-state index is 5.67. The molecule has 1 rings (SSSR count). The first-order valence-corrected chi connectivity index (χ1v) is 4.51. The van der Waals surface area contributed by atoms with Crippen LogP contribution in [0.2, 0.25) is 0 Å². The van der Waals surface area contributed by atoms with Crippen LogP contribution in [0.3, 0.4) is 0 Å².